The summed E-state index contributed by atoms with van der Waals surface area (Å²) in [7, 11) is 0. The van der Waals surface area contributed by atoms with Gasteiger partial charge in [0.05, 0.1) is 16.8 Å². The molecular formula is C10H6F3NO5. The molecule has 1 rings (SSSR count). The van der Waals surface area contributed by atoms with Crippen LogP contribution < -0.4 is 5.32 Å². The van der Waals surface area contributed by atoms with E-state index in [1.54, 1.807) is 0 Å². The molecule has 0 spiro atoms. The average molecular weight is 277 g/mol. The van der Waals surface area contributed by atoms with Gasteiger partial charge in [-0.2, -0.15) is 13.2 Å². The van der Waals surface area contributed by atoms with Crippen LogP contribution in [0.5, 0.6) is 0 Å². The molecule has 0 aliphatic carbocycles. The lowest BCUT2D eigenvalue weighted by atomic mass is 10.1. The van der Waals surface area contributed by atoms with E-state index in [4.69, 9.17) is 10.2 Å². The highest BCUT2D eigenvalue weighted by Gasteiger charge is 2.39. The predicted molar refractivity (Wildman–Crippen MR) is 55.0 cm³/mol. The average Bonchev–Trinajstić information content (AvgIpc) is 2.27. The molecule has 0 aliphatic rings. The maximum atomic E-state index is 12.1. The third-order valence-electron chi connectivity index (χ3n) is 2.00. The number of carbonyl (C=O) groups is 3. The van der Waals surface area contributed by atoms with Crippen LogP contribution in [0.2, 0.25) is 0 Å². The number of carboxylic acids is 2. The minimum absolute atomic E-state index is 0.456. The van der Waals surface area contributed by atoms with Crippen LogP contribution in [0.3, 0.4) is 0 Å². The van der Waals surface area contributed by atoms with E-state index in [1.165, 1.54) is 5.32 Å². The molecular weight excluding hydrogens is 271 g/mol. The molecule has 0 heterocycles. The van der Waals surface area contributed by atoms with Crippen LogP contribution in [-0.2, 0) is 4.79 Å². The lowest BCUT2D eigenvalue weighted by Gasteiger charge is -2.11. The fourth-order valence-corrected chi connectivity index (χ4v) is 1.16. The van der Waals surface area contributed by atoms with Crippen LogP contribution in [0.15, 0.2) is 18.2 Å². The quantitative estimate of drug-likeness (QED) is 0.778. The van der Waals surface area contributed by atoms with Gasteiger partial charge in [-0.15, -0.1) is 0 Å². The Morgan fingerprint density at radius 3 is 2.05 bits per heavy atom. The largest absolute Gasteiger partial charge is 0.478 e. The number of nitrogens with one attached hydrogen (secondary N) is 1. The zero-order chi connectivity index (χ0) is 14.8. The predicted octanol–water partition coefficient (Wildman–Crippen LogP) is 1.58. The van der Waals surface area contributed by atoms with Gasteiger partial charge in [0.15, 0.2) is 0 Å². The minimum Gasteiger partial charge on any atom is -0.478 e. The van der Waals surface area contributed by atoms with Gasteiger partial charge in [0.2, 0.25) is 0 Å². The number of benzene rings is 1. The van der Waals surface area contributed by atoms with Gasteiger partial charge >= 0.3 is 24.0 Å². The van der Waals surface area contributed by atoms with Crippen molar-refractivity contribution in [2.24, 2.45) is 0 Å². The van der Waals surface area contributed by atoms with Crippen LogP contribution in [-0.4, -0.2) is 34.2 Å². The monoisotopic (exact) mass is 277 g/mol. The lowest BCUT2D eigenvalue weighted by Crippen LogP contribution is -2.30. The van der Waals surface area contributed by atoms with Gasteiger partial charge in [-0.25, -0.2) is 9.59 Å². The Kier molecular flexibility index (Phi) is 3.78. The van der Waals surface area contributed by atoms with E-state index in [9.17, 15) is 27.6 Å². The molecule has 3 N–H and O–H groups in total. The summed E-state index contributed by atoms with van der Waals surface area (Å²) in [5.74, 6) is -5.47. The number of hydrogen-bond donors (Lipinski definition) is 3. The van der Waals surface area contributed by atoms with E-state index in [0.717, 1.165) is 12.1 Å². The number of carboxylic acid groups (broad SMARTS) is 2. The topological polar surface area (TPSA) is 104 Å². The smallest absolute Gasteiger partial charge is 0.471 e. The molecule has 0 saturated heterocycles. The highest BCUT2D eigenvalue weighted by atomic mass is 19.4. The van der Waals surface area contributed by atoms with Crippen LogP contribution in [0.4, 0.5) is 18.9 Å². The lowest BCUT2D eigenvalue weighted by molar-refractivity contribution is -0.167. The molecule has 19 heavy (non-hydrogen) atoms. The molecule has 0 fully saturated rings. The Morgan fingerprint density at radius 2 is 1.63 bits per heavy atom. The van der Waals surface area contributed by atoms with Crippen molar-refractivity contribution >= 4 is 23.5 Å². The maximum Gasteiger partial charge on any atom is 0.471 e. The highest BCUT2D eigenvalue weighted by Crippen LogP contribution is 2.22. The minimum atomic E-state index is -5.21. The number of halogens is 3. The first-order valence-corrected chi connectivity index (χ1v) is 4.61. The van der Waals surface area contributed by atoms with Gasteiger partial charge in [-0.1, -0.05) is 0 Å². The fraction of sp³-hybridized carbons (Fsp3) is 0.100. The molecule has 6 nitrogen and oxygen atoms in total. The van der Waals surface area contributed by atoms with E-state index in [1.807, 2.05) is 0 Å². The fourth-order valence-electron chi connectivity index (χ4n) is 1.16. The molecule has 1 aromatic carbocycles. The molecule has 9 heteroatoms. The second-order valence-electron chi connectivity index (χ2n) is 3.32. The van der Waals surface area contributed by atoms with E-state index in [2.05, 4.69) is 0 Å². The van der Waals surface area contributed by atoms with Crippen LogP contribution in [0, 0.1) is 0 Å². The second-order valence-corrected chi connectivity index (χ2v) is 3.32. The van der Waals surface area contributed by atoms with Crippen molar-refractivity contribution in [1.29, 1.82) is 0 Å². The van der Waals surface area contributed by atoms with Gasteiger partial charge in [0, 0.05) is 0 Å². The number of hydrogen-bond acceptors (Lipinski definition) is 3. The summed E-state index contributed by atoms with van der Waals surface area (Å²) in [6.45, 7) is 0. The number of carbonyl (C=O) groups excluding carboxylic acids is 1. The molecule has 0 atom stereocenters. The Morgan fingerprint density at radius 1 is 1.05 bits per heavy atom. The van der Waals surface area contributed by atoms with Crippen molar-refractivity contribution in [3.8, 4) is 0 Å². The SMILES string of the molecule is O=C(O)c1ccc(C(=O)O)c(NC(=O)C(F)(F)F)c1. The van der Waals surface area contributed by atoms with E-state index in [0.29, 0.717) is 6.07 Å². The van der Waals surface area contributed by atoms with Crippen molar-refractivity contribution in [2.45, 2.75) is 6.18 Å². The summed E-state index contributed by atoms with van der Waals surface area (Å²) in [4.78, 5) is 32.1. The molecule has 1 aromatic rings. The second kappa shape index (κ2) is 4.96. The summed E-state index contributed by atoms with van der Waals surface area (Å²) in [5.41, 5.74) is -1.85. The normalized spacial score (nSPS) is 10.9. The third kappa shape index (κ3) is 3.44. The number of alkyl halides is 3. The summed E-state index contributed by atoms with van der Waals surface area (Å²) >= 11 is 0. The summed E-state index contributed by atoms with van der Waals surface area (Å²) in [5, 5.41) is 18.7. The van der Waals surface area contributed by atoms with Crippen LogP contribution in [0.1, 0.15) is 20.7 Å². The summed E-state index contributed by atoms with van der Waals surface area (Å²) in [6.07, 6.45) is -5.21. The number of anilines is 1. The zero-order valence-corrected chi connectivity index (χ0v) is 8.99. The van der Waals surface area contributed by atoms with Crippen molar-refractivity contribution < 1.29 is 37.8 Å². The van der Waals surface area contributed by atoms with Gasteiger partial charge in [0.1, 0.15) is 0 Å². The van der Waals surface area contributed by atoms with Crippen molar-refractivity contribution in [3.63, 3.8) is 0 Å². The standard InChI is InChI=1S/C10H6F3NO5/c11-10(12,13)9(19)14-6-3-4(7(15)16)1-2-5(6)8(17)18/h1-3H,(H,14,19)(H,15,16)(H,17,18). The number of aromatic carboxylic acids is 2. The molecule has 0 unspecified atom stereocenters. The first-order chi connectivity index (χ1) is 8.62. The molecule has 1 amide bonds. The molecule has 102 valence electrons. The maximum absolute atomic E-state index is 12.1. The van der Waals surface area contributed by atoms with Gasteiger partial charge < -0.3 is 15.5 Å². The molecule has 0 aromatic heterocycles. The van der Waals surface area contributed by atoms with Gasteiger partial charge in [-0.05, 0) is 18.2 Å². The number of amides is 1. The summed E-state index contributed by atoms with van der Waals surface area (Å²) in [6, 6.07) is 2.32. The molecule has 0 bridgehead atoms. The van der Waals surface area contributed by atoms with Gasteiger partial charge in [0.25, 0.3) is 0 Å². The molecule has 0 aliphatic heterocycles. The molecule has 0 saturated carbocycles. The van der Waals surface area contributed by atoms with Crippen LogP contribution in [0.25, 0.3) is 0 Å². The Bertz CT molecular complexity index is 553. The zero-order valence-electron chi connectivity index (χ0n) is 8.99. The highest BCUT2D eigenvalue weighted by molar-refractivity contribution is 6.03. The first-order valence-electron chi connectivity index (χ1n) is 4.61. The Balaban J connectivity index is 3.22. The number of rotatable bonds is 3. The third-order valence-corrected chi connectivity index (χ3v) is 2.00. The van der Waals surface area contributed by atoms with Crippen LogP contribution >= 0.6 is 0 Å². The molecule has 0 radical (unpaired) electrons. The Hall–Kier alpha value is -2.58. The summed E-state index contributed by atoms with van der Waals surface area (Å²) < 4.78 is 36.2. The van der Waals surface area contributed by atoms with E-state index >= 15 is 0 Å². The van der Waals surface area contributed by atoms with E-state index < -0.39 is 40.8 Å². The van der Waals surface area contributed by atoms with Crippen molar-refractivity contribution in [2.75, 3.05) is 5.32 Å². The first kappa shape index (κ1) is 14.5. The Labute approximate surface area is 103 Å². The van der Waals surface area contributed by atoms with Crippen molar-refractivity contribution in [3.05, 3.63) is 29.3 Å². The van der Waals surface area contributed by atoms with Gasteiger partial charge in [-0.3, -0.25) is 4.79 Å². The van der Waals surface area contributed by atoms with E-state index in [-0.39, 0.29) is 0 Å². The van der Waals surface area contributed by atoms with Crippen molar-refractivity contribution in [1.82, 2.24) is 0 Å².